The summed E-state index contributed by atoms with van der Waals surface area (Å²) >= 11 is 0. The highest BCUT2D eigenvalue weighted by Crippen LogP contribution is 2.33. The van der Waals surface area contributed by atoms with Gasteiger partial charge in [-0.15, -0.1) is 0 Å². The number of fused-ring (bicyclic) bond motifs is 1. The van der Waals surface area contributed by atoms with Gasteiger partial charge in [0.1, 0.15) is 17.5 Å². The minimum atomic E-state index is -3.30. The number of nitrogens with zero attached hydrogens (tertiary/aromatic N) is 6. The first kappa shape index (κ1) is 17.6. The summed E-state index contributed by atoms with van der Waals surface area (Å²) < 4.78 is 27.7. The minimum absolute atomic E-state index is 0.0534. The maximum Gasteiger partial charge on any atom is 0.240 e. The third-order valence-electron chi connectivity index (χ3n) is 5.12. The molecule has 0 radical (unpaired) electrons. The predicted molar refractivity (Wildman–Crippen MR) is 100 cm³/mol. The van der Waals surface area contributed by atoms with Crippen LogP contribution < -0.4 is 0 Å². The van der Waals surface area contributed by atoms with Gasteiger partial charge in [0.25, 0.3) is 0 Å². The molecule has 0 spiro atoms. The zero-order valence-corrected chi connectivity index (χ0v) is 15.6. The van der Waals surface area contributed by atoms with Crippen LogP contribution in [0.5, 0.6) is 0 Å². The maximum absolute atomic E-state index is 12.3. The molecule has 3 aromatic heterocycles. The molecule has 1 aliphatic rings. The number of nitrogens with one attached hydrogen (secondary N) is 1. The molecule has 1 aliphatic heterocycles. The molecule has 4 heterocycles. The second-order valence-corrected chi connectivity index (χ2v) is 8.92. The third-order valence-corrected chi connectivity index (χ3v) is 6.95. The van der Waals surface area contributed by atoms with Crippen LogP contribution in [0.2, 0.25) is 0 Å². The Bertz CT molecular complexity index is 1130. The number of sulfonamides is 1. The van der Waals surface area contributed by atoms with E-state index in [2.05, 4.69) is 24.9 Å². The number of H-pyrrole nitrogens is 1. The van der Waals surface area contributed by atoms with Crippen LogP contribution in [0.25, 0.3) is 27.1 Å². The standard InChI is InChI=1S/C17H19N7O2S/c1-3-27(25,26)23-7-5-17(11-23,10-18-2)24-9-13(8-22-24)15-14-4-6-19-16(14)21-12-20-15/h4,6,8-9,12H,3,5,7,10-11H2,1H3,(H,19,20,21). The number of aromatic nitrogens is 5. The highest BCUT2D eigenvalue weighted by Gasteiger charge is 2.47. The fourth-order valence-electron chi connectivity index (χ4n) is 3.58. The molecular weight excluding hydrogens is 366 g/mol. The summed E-state index contributed by atoms with van der Waals surface area (Å²) in [5.41, 5.74) is 1.64. The van der Waals surface area contributed by atoms with Crippen molar-refractivity contribution in [3.8, 4) is 11.3 Å². The van der Waals surface area contributed by atoms with Crippen molar-refractivity contribution >= 4 is 21.1 Å². The molecule has 0 aliphatic carbocycles. The molecule has 1 saturated heterocycles. The van der Waals surface area contributed by atoms with Crippen LogP contribution in [0.4, 0.5) is 0 Å². The number of aromatic amines is 1. The summed E-state index contributed by atoms with van der Waals surface area (Å²) in [7, 11) is -3.30. The molecule has 1 fully saturated rings. The summed E-state index contributed by atoms with van der Waals surface area (Å²) in [5, 5.41) is 5.37. The number of hydrogen-bond donors (Lipinski definition) is 1. The van der Waals surface area contributed by atoms with Gasteiger partial charge in [0, 0.05) is 36.4 Å². The van der Waals surface area contributed by atoms with Crippen molar-refractivity contribution in [1.82, 2.24) is 29.0 Å². The van der Waals surface area contributed by atoms with E-state index in [9.17, 15) is 8.42 Å². The van der Waals surface area contributed by atoms with Crippen molar-refractivity contribution in [2.75, 3.05) is 25.4 Å². The molecule has 1 unspecified atom stereocenters. The highest BCUT2D eigenvalue weighted by molar-refractivity contribution is 7.89. The van der Waals surface area contributed by atoms with E-state index in [0.29, 0.717) is 13.0 Å². The van der Waals surface area contributed by atoms with Gasteiger partial charge in [-0.1, -0.05) is 0 Å². The van der Waals surface area contributed by atoms with Crippen molar-refractivity contribution in [3.05, 3.63) is 42.4 Å². The Morgan fingerprint density at radius 2 is 2.26 bits per heavy atom. The van der Waals surface area contributed by atoms with Gasteiger partial charge >= 0.3 is 0 Å². The Labute approximate surface area is 156 Å². The number of hydrogen-bond acceptors (Lipinski definition) is 5. The van der Waals surface area contributed by atoms with Crippen molar-refractivity contribution in [3.63, 3.8) is 0 Å². The van der Waals surface area contributed by atoms with Crippen LogP contribution >= 0.6 is 0 Å². The molecule has 0 aromatic carbocycles. The lowest BCUT2D eigenvalue weighted by atomic mass is 9.99. The first-order chi connectivity index (χ1) is 13.0. The molecule has 140 valence electrons. The van der Waals surface area contributed by atoms with Crippen molar-refractivity contribution in [2.24, 2.45) is 0 Å². The third kappa shape index (κ3) is 2.89. The molecule has 27 heavy (non-hydrogen) atoms. The predicted octanol–water partition coefficient (Wildman–Crippen LogP) is 1.49. The molecule has 0 amide bonds. The number of rotatable bonds is 5. The minimum Gasteiger partial charge on any atom is -0.346 e. The van der Waals surface area contributed by atoms with Gasteiger partial charge in [-0.3, -0.25) is 4.68 Å². The molecular formula is C17H19N7O2S. The normalized spacial score (nSPS) is 20.9. The van der Waals surface area contributed by atoms with Crippen molar-refractivity contribution < 1.29 is 8.42 Å². The molecule has 4 rings (SSSR count). The second kappa shape index (κ2) is 6.44. The van der Waals surface area contributed by atoms with E-state index >= 15 is 0 Å². The topological polar surface area (TPSA) is 101 Å². The Balaban J connectivity index is 1.72. The monoisotopic (exact) mass is 385 g/mol. The van der Waals surface area contributed by atoms with E-state index in [4.69, 9.17) is 6.57 Å². The molecule has 1 atom stereocenters. The zero-order valence-electron chi connectivity index (χ0n) is 14.8. The lowest BCUT2D eigenvalue weighted by Crippen LogP contribution is -2.41. The van der Waals surface area contributed by atoms with Crippen LogP contribution in [-0.4, -0.2) is 62.8 Å². The quantitative estimate of drug-likeness (QED) is 0.671. The zero-order chi connectivity index (χ0) is 19.1. The Kier molecular flexibility index (Phi) is 4.20. The van der Waals surface area contributed by atoms with Crippen molar-refractivity contribution in [2.45, 2.75) is 18.9 Å². The van der Waals surface area contributed by atoms with E-state index in [-0.39, 0.29) is 18.8 Å². The average molecular weight is 385 g/mol. The fraction of sp³-hybridized carbons (Fsp3) is 0.412. The molecule has 0 bridgehead atoms. The van der Waals surface area contributed by atoms with Crippen LogP contribution in [-0.2, 0) is 15.6 Å². The Morgan fingerprint density at radius 1 is 1.41 bits per heavy atom. The first-order valence-corrected chi connectivity index (χ1v) is 10.2. The van der Waals surface area contributed by atoms with Gasteiger partial charge in [0.15, 0.2) is 0 Å². The van der Waals surface area contributed by atoms with Gasteiger partial charge in [-0.25, -0.2) is 25.0 Å². The summed E-state index contributed by atoms with van der Waals surface area (Å²) in [6, 6.07) is 1.90. The van der Waals surface area contributed by atoms with E-state index in [1.807, 2.05) is 12.3 Å². The highest BCUT2D eigenvalue weighted by atomic mass is 32.2. The maximum atomic E-state index is 12.3. The summed E-state index contributed by atoms with van der Waals surface area (Å²) in [5.74, 6) is 0.0534. The smallest absolute Gasteiger partial charge is 0.240 e. The Hall–Kier alpha value is -2.77. The summed E-state index contributed by atoms with van der Waals surface area (Å²) in [6.45, 7) is 9.82. The van der Waals surface area contributed by atoms with E-state index in [0.717, 1.165) is 22.3 Å². The lowest BCUT2D eigenvalue weighted by Gasteiger charge is -2.24. The van der Waals surface area contributed by atoms with E-state index < -0.39 is 15.6 Å². The molecule has 0 saturated carbocycles. The largest absolute Gasteiger partial charge is 0.346 e. The van der Waals surface area contributed by atoms with E-state index in [1.54, 1.807) is 24.0 Å². The van der Waals surface area contributed by atoms with Gasteiger partial charge in [-0.2, -0.15) is 9.40 Å². The molecule has 9 nitrogen and oxygen atoms in total. The SMILES string of the molecule is [C-]#[N+]CC1(n2cc(-c3ncnc4[nH]ccc34)cn2)CCN(S(=O)(=O)CC)C1. The molecule has 10 heteroatoms. The molecule has 3 aromatic rings. The summed E-state index contributed by atoms with van der Waals surface area (Å²) in [6.07, 6.45) is 7.41. The van der Waals surface area contributed by atoms with Gasteiger partial charge in [0.2, 0.25) is 16.6 Å². The summed E-state index contributed by atoms with van der Waals surface area (Å²) in [4.78, 5) is 15.2. The van der Waals surface area contributed by atoms with E-state index in [1.165, 1.54) is 10.6 Å². The molecule has 1 N–H and O–H groups in total. The average Bonchev–Trinajstić information content (AvgIpc) is 3.40. The van der Waals surface area contributed by atoms with Crippen LogP contribution in [0, 0.1) is 6.57 Å². The van der Waals surface area contributed by atoms with Crippen LogP contribution in [0.1, 0.15) is 13.3 Å². The van der Waals surface area contributed by atoms with Gasteiger partial charge in [0.05, 0.1) is 17.6 Å². The second-order valence-electron chi connectivity index (χ2n) is 6.66. The first-order valence-electron chi connectivity index (χ1n) is 8.64. The Morgan fingerprint density at radius 3 is 3.04 bits per heavy atom. The van der Waals surface area contributed by atoms with Gasteiger partial charge < -0.3 is 9.83 Å². The van der Waals surface area contributed by atoms with Crippen molar-refractivity contribution in [1.29, 1.82) is 0 Å². The van der Waals surface area contributed by atoms with Crippen LogP contribution in [0.15, 0.2) is 31.0 Å². The van der Waals surface area contributed by atoms with Crippen LogP contribution in [0.3, 0.4) is 0 Å². The fourth-order valence-corrected chi connectivity index (χ4v) is 4.75. The van der Waals surface area contributed by atoms with Gasteiger partial charge in [-0.05, 0) is 19.4 Å². The lowest BCUT2D eigenvalue weighted by molar-refractivity contribution is 0.294.